The van der Waals surface area contributed by atoms with E-state index >= 15 is 0 Å². The summed E-state index contributed by atoms with van der Waals surface area (Å²) in [6.07, 6.45) is 4.54. The molecule has 5 heteroatoms. The molecule has 2 fully saturated rings. The van der Waals surface area contributed by atoms with Crippen LogP contribution in [0.4, 0.5) is 5.69 Å². The summed E-state index contributed by atoms with van der Waals surface area (Å²) in [5.74, 6) is -0.00433. The Labute approximate surface area is 124 Å². The zero-order valence-electron chi connectivity index (χ0n) is 12.0. The fraction of sp³-hybridized carbons (Fsp3) is 0.500. The summed E-state index contributed by atoms with van der Waals surface area (Å²) in [5, 5.41) is 3.03. The number of amides is 2. The van der Waals surface area contributed by atoms with Gasteiger partial charge in [-0.15, -0.1) is 0 Å². The predicted molar refractivity (Wildman–Crippen MR) is 80.5 cm³/mol. The third-order valence-corrected chi connectivity index (χ3v) is 4.45. The molecule has 0 spiro atoms. The summed E-state index contributed by atoms with van der Waals surface area (Å²) in [6, 6.07) is 7.64. The molecule has 1 aliphatic heterocycles. The maximum atomic E-state index is 12.6. The number of carbonyl (C=O) groups excluding carboxylic acids is 2. The molecule has 0 bridgehead atoms. The summed E-state index contributed by atoms with van der Waals surface area (Å²) < 4.78 is 0. The van der Waals surface area contributed by atoms with Crippen LogP contribution in [0.15, 0.2) is 24.3 Å². The highest BCUT2D eigenvalue weighted by molar-refractivity contribution is 5.87. The molecule has 2 aliphatic rings. The van der Waals surface area contributed by atoms with Gasteiger partial charge in [-0.2, -0.15) is 0 Å². The number of nitrogens with one attached hydrogen (secondary N) is 1. The lowest BCUT2D eigenvalue weighted by Crippen LogP contribution is -2.63. The molecule has 1 aromatic carbocycles. The fourth-order valence-electron chi connectivity index (χ4n) is 3.36. The van der Waals surface area contributed by atoms with Gasteiger partial charge in [-0.25, -0.2) is 0 Å². The molecule has 2 amide bonds. The first kappa shape index (κ1) is 13.9. The zero-order valence-corrected chi connectivity index (χ0v) is 12.0. The van der Waals surface area contributed by atoms with Crippen LogP contribution in [0, 0.1) is 0 Å². The van der Waals surface area contributed by atoms with Crippen LogP contribution < -0.4 is 11.1 Å². The molecule has 3 rings (SSSR count). The molecule has 0 radical (unpaired) electrons. The van der Waals surface area contributed by atoms with Gasteiger partial charge in [0.1, 0.15) is 0 Å². The number of rotatable bonds is 2. The Morgan fingerprint density at radius 3 is 2.71 bits per heavy atom. The van der Waals surface area contributed by atoms with Crippen molar-refractivity contribution in [2.75, 3.05) is 12.3 Å². The summed E-state index contributed by atoms with van der Waals surface area (Å²) in [7, 11) is 0. The average molecular weight is 287 g/mol. The molecule has 0 aromatic heterocycles. The second kappa shape index (κ2) is 5.76. The van der Waals surface area contributed by atoms with Crippen LogP contribution in [-0.4, -0.2) is 35.3 Å². The number of anilines is 1. The Hall–Kier alpha value is -2.04. The highest BCUT2D eigenvalue weighted by Crippen LogP contribution is 2.26. The Morgan fingerprint density at radius 2 is 1.95 bits per heavy atom. The quantitative estimate of drug-likeness (QED) is 0.799. The Bertz CT molecular complexity index is 541. The van der Waals surface area contributed by atoms with E-state index < -0.39 is 0 Å². The van der Waals surface area contributed by atoms with Gasteiger partial charge in [0.25, 0.3) is 0 Å². The number of carbonyl (C=O) groups is 2. The fourth-order valence-corrected chi connectivity index (χ4v) is 3.36. The van der Waals surface area contributed by atoms with Gasteiger partial charge < -0.3 is 16.0 Å². The number of piperazine rings is 1. The van der Waals surface area contributed by atoms with Crippen molar-refractivity contribution in [3.63, 3.8) is 0 Å². The second-order valence-corrected chi connectivity index (χ2v) is 5.97. The normalized spacial score (nSPS) is 25.1. The standard InChI is InChI=1S/C16H21N3O2/c17-12-7-5-11(6-8-12)9-16(21)19-10-15(20)18-13-3-1-2-4-14(13)19/h5-8,13-14H,1-4,9-10,17H2,(H,18,20). The van der Waals surface area contributed by atoms with Gasteiger partial charge >= 0.3 is 0 Å². The minimum atomic E-state index is -0.0381. The lowest BCUT2D eigenvalue weighted by atomic mass is 9.87. The van der Waals surface area contributed by atoms with E-state index in [0.29, 0.717) is 12.1 Å². The number of benzene rings is 1. The Balaban J connectivity index is 1.72. The van der Waals surface area contributed by atoms with Gasteiger partial charge in [0.05, 0.1) is 19.0 Å². The van der Waals surface area contributed by atoms with Gasteiger partial charge in [-0.1, -0.05) is 25.0 Å². The topological polar surface area (TPSA) is 75.4 Å². The number of nitrogens with two attached hydrogens (primary N) is 1. The largest absolute Gasteiger partial charge is 0.399 e. The van der Waals surface area contributed by atoms with E-state index in [2.05, 4.69) is 5.32 Å². The first-order valence-corrected chi connectivity index (χ1v) is 7.57. The van der Waals surface area contributed by atoms with Crippen LogP contribution in [0.5, 0.6) is 0 Å². The molecular weight excluding hydrogens is 266 g/mol. The highest BCUT2D eigenvalue weighted by Gasteiger charge is 2.38. The number of nitrogens with zero attached hydrogens (tertiary/aromatic N) is 1. The molecule has 1 heterocycles. The Kier molecular flexibility index (Phi) is 3.82. The molecule has 5 nitrogen and oxygen atoms in total. The summed E-state index contributed by atoms with van der Waals surface area (Å²) >= 11 is 0. The van der Waals surface area contributed by atoms with E-state index in [1.54, 1.807) is 17.0 Å². The van der Waals surface area contributed by atoms with Crippen molar-refractivity contribution in [1.29, 1.82) is 0 Å². The zero-order chi connectivity index (χ0) is 14.8. The number of hydrogen-bond acceptors (Lipinski definition) is 3. The van der Waals surface area contributed by atoms with Crippen LogP contribution >= 0.6 is 0 Å². The second-order valence-electron chi connectivity index (χ2n) is 5.97. The summed E-state index contributed by atoms with van der Waals surface area (Å²) in [6.45, 7) is 0.189. The van der Waals surface area contributed by atoms with Crippen molar-refractivity contribution < 1.29 is 9.59 Å². The van der Waals surface area contributed by atoms with Crippen molar-refractivity contribution in [2.45, 2.75) is 44.2 Å². The van der Waals surface area contributed by atoms with Crippen LogP contribution in [0.3, 0.4) is 0 Å². The van der Waals surface area contributed by atoms with Crippen LogP contribution in [-0.2, 0) is 16.0 Å². The first-order valence-electron chi connectivity index (χ1n) is 7.57. The molecule has 21 heavy (non-hydrogen) atoms. The highest BCUT2D eigenvalue weighted by atomic mass is 16.2. The smallest absolute Gasteiger partial charge is 0.239 e. The van der Waals surface area contributed by atoms with E-state index in [1.807, 2.05) is 12.1 Å². The summed E-state index contributed by atoms with van der Waals surface area (Å²) in [5.41, 5.74) is 7.29. The maximum Gasteiger partial charge on any atom is 0.239 e. The number of nitrogen functional groups attached to an aromatic ring is 1. The Morgan fingerprint density at radius 1 is 1.24 bits per heavy atom. The predicted octanol–water partition coefficient (Wildman–Crippen LogP) is 1.08. The molecule has 1 aliphatic carbocycles. The SMILES string of the molecule is Nc1ccc(CC(=O)N2CC(=O)NC3CCCCC32)cc1. The lowest BCUT2D eigenvalue weighted by Gasteiger charge is -2.44. The van der Waals surface area contributed by atoms with Crippen molar-refractivity contribution >= 4 is 17.5 Å². The van der Waals surface area contributed by atoms with Crippen molar-refractivity contribution in [3.8, 4) is 0 Å². The molecule has 1 saturated carbocycles. The molecule has 2 unspecified atom stereocenters. The lowest BCUT2D eigenvalue weighted by molar-refractivity contribution is -0.143. The van der Waals surface area contributed by atoms with E-state index in [1.165, 1.54) is 0 Å². The monoisotopic (exact) mass is 287 g/mol. The van der Waals surface area contributed by atoms with Crippen LogP contribution in [0.1, 0.15) is 31.2 Å². The van der Waals surface area contributed by atoms with E-state index in [0.717, 1.165) is 31.2 Å². The van der Waals surface area contributed by atoms with Gasteiger partial charge in [-0.3, -0.25) is 9.59 Å². The van der Waals surface area contributed by atoms with Crippen molar-refractivity contribution in [3.05, 3.63) is 29.8 Å². The molecule has 3 N–H and O–H groups in total. The minimum Gasteiger partial charge on any atom is -0.399 e. The van der Waals surface area contributed by atoms with Crippen molar-refractivity contribution in [1.82, 2.24) is 10.2 Å². The van der Waals surface area contributed by atoms with Gasteiger partial charge in [0.2, 0.25) is 11.8 Å². The van der Waals surface area contributed by atoms with E-state index in [9.17, 15) is 9.59 Å². The van der Waals surface area contributed by atoms with Gasteiger partial charge in [-0.05, 0) is 30.5 Å². The molecule has 1 aromatic rings. The molecular formula is C16H21N3O2. The van der Waals surface area contributed by atoms with Gasteiger partial charge in [0.15, 0.2) is 0 Å². The first-order chi connectivity index (χ1) is 10.1. The summed E-state index contributed by atoms with van der Waals surface area (Å²) in [4.78, 5) is 26.2. The van der Waals surface area contributed by atoms with E-state index in [-0.39, 0.29) is 30.4 Å². The molecule has 1 saturated heterocycles. The molecule has 2 atom stereocenters. The third-order valence-electron chi connectivity index (χ3n) is 4.45. The van der Waals surface area contributed by atoms with E-state index in [4.69, 9.17) is 5.73 Å². The average Bonchev–Trinajstić information content (AvgIpc) is 2.48. The van der Waals surface area contributed by atoms with Crippen molar-refractivity contribution in [2.24, 2.45) is 0 Å². The van der Waals surface area contributed by atoms with Crippen LogP contribution in [0.25, 0.3) is 0 Å². The maximum absolute atomic E-state index is 12.6. The number of hydrogen-bond donors (Lipinski definition) is 2. The third kappa shape index (κ3) is 3.01. The number of fused-ring (bicyclic) bond motifs is 1. The van der Waals surface area contributed by atoms with Crippen LogP contribution in [0.2, 0.25) is 0 Å². The molecule has 112 valence electrons. The minimum absolute atomic E-state index is 0.0338. The van der Waals surface area contributed by atoms with Gasteiger partial charge in [0, 0.05) is 11.7 Å².